The third-order valence-electron chi connectivity index (χ3n) is 7.28. The molecule has 0 radical (unpaired) electrons. The molecule has 0 unspecified atom stereocenters. The van der Waals surface area contributed by atoms with E-state index >= 15 is 0 Å². The number of benzene rings is 3. The molecule has 1 saturated heterocycles. The minimum atomic E-state index is 0.214. The number of hydrogen-bond acceptors (Lipinski definition) is 5. The Labute approximate surface area is 205 Å². The van der Waals surface area contributed by atoms with Crippen molar-refractivity contribution in [2.24, 2.45) is 0 Å². The first-order chi connectivity index (χ1) is 17.2. The highest BCUT2D eigenvalue weighted by atomic mass is 16.5. The Balaban J connectivity index is 1.34. The quantitative estimate of drug-likeness (QED) is 0.281. The minimum Gasteiger partial charge on any atom is -0.490 e. The van der Waals surface area contributed by atoms with Crippen LogP contribution in [0.3, 0.4) is 0 Å². The third-order valence-corrected chi connectivity index (χ3v) is 7.28. The number of nitrogens with one attached hydrogen (secondary N) is 1. The standard InChI is InChI=1S/C29H32N4O2/c30-20-6-10-22(11-7-20)32-21-8-4-19(5-9-21)29-28(31)26-13-12-25(35-24-14-16-34-17-15-24)18-27(26)33(29)23-2-1-3-23/h4-13,18,23-24,32H,1-3,14-17,30-31H2. The van der Waals surface area contributed by atoms with Gasteiger partial charge in [-0.25, -0.2) is 0 Å². The van der Waals surface area contributed by atoms with Crippen LogP contribution in [0, 0.1) is 0 Å². The van der Waals surface area contributed by atoms with Gasteiger partial charge in [0, 0.05) is 53.0 Å². The first-order valence-electron chi connectivity index (χ1n) is 12.6. The fraction of sp³-hybridized carbons (Fsp3) is 0.310. The van der Waals surface area contributed by atoms with Gasteiger partial charge < -0.3 is 30.8 Å². The van der Waals surface area contributed by atoms with Crippen LogP contribution in [0.2, 0.25) is 0 Å². The molecule has 0 amide bonds. The average Bonchev–Trinajstić information content (AvgIpc) is 3.12. The van der Waals surface area contributed by atoms with E-state index < -0.39 is 0 Å². The topological polar surface area (TPSA) is 87.5 Å². The molecule has 5 N–H and O–H groups in total. The van der Waals surface area contributed by atoms with Crippen LogP contribution in [-0.4, -0.2) is 23.9 Å². The lowest BCUT2D eigenvalue weighted by Crippen LogP contribution is -2.25. The predicted octanol–water partition coefficient (Wildman–Crippen LogP) is 6.50. The zero-order valence-corrected chi connectivity index (χ0v) is 19.9. The van der Waals surface area contributed by atoms with E-state index in [0.29, 0.717) is 6.04 Å². The van der Waals surface area contributed by atoms with Crippen molar-refractivity contribution in [2.75, 3.05) is 30.0 Å². The number of hydrogen-bond donors (Lipinski definition) is 3. The molecule has 6 rings (SSSR count). The van der Waals surface area contributed by atoms with Gasteiger partial charge in [-0.05, 0) is 67.8 Å². The zero-order chi connectivity index (χ0) is 23.8. The number of fused-ring (bicyclic) bond motifs is 1. The molecule has 3 aromatic carbocycles. The Bertz CT molecular complexity index is 1320. The summed E-state index contributed by atoms with van der Waals surface area (Å²) in [6.07, 6.45) is 5.70. The van der Waals surface area contributed by atoms with Gasteiger partial charge in [0.25, 0.3) is 0 Å². The molecule has 4 aromatic rings. The monoisotopic (exact) mass is 468 g/mol. The van der Waals surface area contributed by atoms with Crippen LogP contribution in [-0.2, 0) is 4.74 Å². The fourth-order valence-electron chi connectivity index (χ4n) is 5.14. The lowest BCUT2D eigenvalue weighted by Gasteiger charge is -2.30. The van der Waals surface area contributed by atoms with E-state index in [0.717, 1.165) is 76.7 Å². The number of anilines is 4. The molecule has 2 heterocycles. The molecule has 1 aliphatic carbocycles. The molecule has 0 bridgehead atoms. The Morgan fingerprint density at radius 1 is 0.829 bits per heavy atom. The number of ether oxygens (including phenoxy) is 2. The van der Waals surface area contributed by atoms with Crippen molar-refractivity contribution in [3.8, 4) is 17.0 Å². The second-order valence-corrected chi connectivity index (χ2v) is 9.65. The highest BCUT2D eigenvalue weighted by molar-refractivity contribution is 6.01. The van der Waals surface area contributed by atoms with E-state index in [1.54, 1.807) is 0 Å². The van der Waals surface area contributed by atoms with Gasteiger partial charge in [-0.15, -0.1) is 0 Å². The predicted molar refractivity (Wildman–Crippen MR) is 143 cm³/mol. The van der Waals surface area contributed by atoms with E-state index in [-0.39, 0.29) is 6.10 Å². The molecule has 1 aliphatic heterocycles. The Hall–Kier alpha value is -3.64. The lowest BCUT2D eigenvalue weighted by atomic mass is 9.92. The van der Waals surface area contributed by atoms with Gasteiger partial charge in [-0.3, -0.25) is 0 Å². The summed E-state index contributed by atoms with van der Waals surface area (Å²) in [5, 5.41) is 4.53. The van der Waals surface area contributed by atoms with Gasteiger partial charge in [-0.1, -0.05) is 12.1 Å². The van der Waals surface area contributed by atoms with Crippen LogP contribution in [0.5, 0.6) is 5.75 Å². The van der Waals surface area contributed by atoms with Gasteiger partial charge in [0.05, 0.1) is 30.1 Å². The number of rotatable bonds is 6. The summed E-state index contributed by atoms with van der Waals surface area (Å²) in [7, 11) is 0. The fourth-order valence-corrected chi connectivity index (χ4v) is 5.14. The van der Waals surface area contributed by atoms with Crippen molar-refractivity contribution in [3.63, 3.8) is 0 Å². The normalized spacial score (nSPS) is 16.8. The molecule has 0 spiro atoms. The summed E-state index contributed by atoms with van der Waals surface area (Å²) >= 11 is 0. The van der Waals surface area contributed by atoms with Gasteiger partial charge in [0.2, 0.25) is 0 Å². The Kier molecular flexibility index (Phi) is 5.74. The van der Waals surface area contributed by atoms with Gasteiger partial charge in [0.15, 0.2) is 0 Å². The molecule has 35 heavy (non-hydrogen) atoms. The maximum absolute atomic E-state index is 6.79. The van der Waals surface area contributed by atoms with Crippen molar-refractivity contribution in [1.82, 2.24) is 4.57 Å². The molecule has 6 nitrogen and oxygen atoms in total. The van der Waals surface area contributed by atoms with Gasteiger partial charge in [0.1, 0.15) is 11.9 Å². The largest absolute Gasteiger partial charge is 0.490 e. The van der Waals surface area contributed by atoms with Crippen LogP contribution in [0.25, 0.3) is 22.2 Å². The van der Waals surface area contributed by atoms with E-state index in [4.69, 9.17) is 20.9 Å². The number of aromatic nitrogens is 1. The second kappa shape index (κ2) is 9.19. The summed E-state index contributed by atoms with van der Waals surface area (Å²) in [4.78, 5) is 0. The molecular formula is C29H32N4O2. The summed E-state index contributed by atoms with van der Waals surface area (Å²) in [5.74, 6) is 0.914. The molecule has 180 valence electrons. The van der Waals surface area contributed by atoms with Crippen LogP contribution < -0.4 is 21.5 Å². The van der Waals surface area contributed by atoms with Crippen LogP contribution >= 0.6 is 0 Å². The third kappa shape index (κ3) is 4.30. The summed E-state index contributed by atoms with van der Waals surface area (Å²) in [6, 6.07) is 23.1. The van der Waals surface area contributed by atoms with Crippen molar-refractivity contribution >= 4 is 33.7 Å². The highest BCUT2D eigenvalue weighted by Crippen LogP contribution is 2.45. The van der Waals surface area contributed by atoms with Crippen molar-refractivity contribution in [2.45, 2.75) is 44.2 Å². The first kappa shape index (κ1) is 21.9. The van der Waals surface area contributed by atoms with Crippen LogP contribution in [0.15, 0.2) is 66.7 Å². The van der Waals surface area contributed by atoms with Crippen LogP contribution in [0.4, 0.5) is 22.7 Å². The highest BCUT2D eigenvalue weighted by Gasteiger charge is 2.27. The number of nitrogens with two attached hydrogens (primary N) is 2. The number of nitrogens with zero attached hydrogens (tertiary/aromatic N) is 1. The average molecular weight is 469 g/mol. The zero-order valence-electron chi connectivity index (χ0n) is 19.9. The lowest BCUT2D eigenvalue weighted by molar-refractivity contribution is 0.0256. The summed E-state index contributed by atoms with van der Waals surface area (Å²) < 4.78 is 14.3. The van der Waals surface area contributed by atoms with Crippen molar-refractivity contribution < 1.29 is 9.47 Å². The van der Waals surface area contributed by atoms with E-state index in [9.17, 15) is 0 Å². The first-order valence-corrected chi connectivity index (χ1v) is 12.6. The van der Waals surface area contributed by atoms with E-state index in [1.807, 2.05) is 24.3 Å². The number of nitrogen functional groups attached to an aromatic ring is 2. The van der Waals surface area contributed by atoms with Gasteiger partial charge in [-0.2, -0.15) is 0 Å². The Morgan fingerprint density at radius 2 is 1.51 bits per heavy atom. The van der Waals surface area contributed by atoms with Gasteiger partial charge >= 0.3 is 0 Å². The van der Waals surface area contributed by atoms with E-state index in [2.05, 4.69) is 52.3 Å². The summed E-state index contributed by atoms with van der Waals surface area (Å²) in [6.45, 7) is 1.54. The molecule has 2 fully saturated rings. The summed E-state index contributed by atoms with van der Waals surface area (Å²) in [5.41, 5.74) is 19.6. The smallest absolute Gasteiger partial charge is 0.121 e. The maximum atomic E-state index is 6.79. The Morgan fingerprint density at radius 3 is 2.17 bits per heavy atom. The molecule has 1 saturated carbocycles. The minimum absolute atomic E-state index is 0.214. The molecule has 2 aliphatic rings. The van der Waals surface area contributed by atoms with Crippen molar-refractivity contribution in [3.05, 3.63) is 66.7 Å². The van der Waals surface area contributed by atoms with Crippen molar-refractivity contribution in [1.29, 1.82) is 0 Å². The molecular weight excluding hydrogens is 436 g/mol. The molecule has 0 atom stereocenters. The molecule has 6 heteroatoms. The maximum Gasteiger partial charge on any atom is 0.121 e. The second-order valence-electron chi connectivity index (χ2n) is 9.65. The van der Waals surface area contributed by atoms with Crippen LogP contribution in [0.1, 0.15) is 38.1 Å². The van der Waals surface area contributed by atoms with E-state index in [1.165, 1.54) is 19.3 Å². The SMILES string of the molecule is Nc1ccc(Nc2ccc(-c3c(N)c4ccc(OC5CCOCC5)cc4n3C3CCC3)cc2)cc1. The molecule has 1 aromatic heterocycles.